The van der Waals surface area contributed by atoms with Gasteiger partial charge in [0.15, 0.2) is 12.6 Å². The molecule has 0 aliphatic carbocycles. The third kappa shape index (κ3) is 4.64. The summed E-state index contributed by atoms with van der Waals surface area (Å²) in [5.74, 6) is 0. The number of rotatable bonds is 9. The Kier molecular flexibility index (Phi) is 7.89. The third-order valence-corrected chi connectivity index (χ3v) is 3.52. The minimum Gasteiger partial charge on any atom is -0.394 e. The summed E-state index contributed by atoms with van der Waals surface area (Å²) >= 11 is 0. The number of hydrogen-bond acceptors (Lipinski definition) is 11. The topological polar surface area (TPSA) is 197 Å². The first-order valence-electron chi connectivity index (χ1n) is 6.84. The van der Waals surface area contributed by atoms with Crippen molar-refractivity contribution in [1.82, 2.24) is 0 Å². The summed E-state index contributed by atoms with van der Waals surface area (Å²) in [4.78, 5) is 11.0. The van der Waals surface area contributed by atoms with E-state index in [1.807, 2.05) is 0 Å². The highest BCUT2D eigenvalue weighted by Crippen LogP contribution is 2.26. The molecule has 0 saturated carbocycles. The summed E-state index contributed by atoms with van der Waals surface area (Å²) in [5.41, 5.74) is 0. The van der Waals surface area contributed by atoms with Gasteiger partial charge in [-0.25, -0.2) is 0 Å². The SMILES string of the molecule is O=C[C@H](OC1O[C@@H]([C@H](O)CO)[C@H](O)[C@H]1O)[C@@H](O)[C@@H](O)[C@H](O)CO. The van der Waals surface area contributed by atoms with Crippen LogP contribution in [0.5, 0.6) is 0 Å². The van der Waals surface area contributed by atoms with Crippen molar-refractivity contribution in [1.29, 1.82) is 0 Å². The van der Waals surface area contributed by atoms with Crippen LogP contribution < -0.4 is 0 Å². The second kappa shape index (κ2) is 8.94. The van der Waals surface area contributed by atoms with Gasteiger partial charge in [-0.3, -0.25) is 0 Å². The monoisotopic (exact) mass is 342 g/mol. The van der Waals surface area contributed by atoms with Gasteiger partial charge in [-0.05, 0) is 0 Å². The molecule has 0 amide bonds. The second-order valence-electron chi connectivity index (χ2n) is 5.17. The van der Waals surface area contributed by atoms with Crippen LogP contribution in [0.3, 0.4) is 0 Å². The average molecular weight is 342 g/mol. The van der Waals surface area contributed by atoms with Crippen LogP contribution in [0, 0.1) is 0 Å². The smallest absolute Gasteiger partial charge is 0.187 e. The average Bonchev–Trinajstić information content (AvgIpc) is 2.84. The molecule has 1 aliphatic heterocycles. The van der Waals surface area contributed by atoms with E-state index in [1.54, 1.807) is 0 Å². The molecule has 1 unspecified atom stereocenters. The maximum Gasteiger partial charge on any atom is 0.187 e. The first-order chi connectivity index (χ1) is 10.8. The number of aldehydes is 1. The van der Waals surface area contributed by atoms with Crippen LogP contribution >= 0.6 is 0 Å². The normalized spacial score (nSPS) is 34.6. The molecule has 11 nitrogen and oxygen atoms in total. The summed E-state index contributed by atoms with van der Waals surface area (Å²) in [5, 5.41) is 74.9. The number of hydrogen-bond donors (Lipinski definition) is 8. The van der Waals surface area contributed by atoms with Crippen molar-refractivity contribution < 1.29 is 55.1 Å². The number of carbonyl (C=O) groups is 1. The van der Waals surface area contributed by atoms with E-state index in [0.717, 1.165) is 0 Å². The third-order valence-electron chi connectivity index (χ3n) is 3.52. The number of ether oxygens (including phenoxy) is 2. The van der Waals surface area contributed by atoms with E-state index in [4.69, 9.17) is 19.7 Å². The van der Waals surface area contributed by atoms with E-state index in [0.29, 0.717) is 0 Å². The zero-order valence-corrected chi connectivity index (χ0v) is 12.0. The fraction of sp³-hybridized carbons (Fsp3) is 0.917. The molecular formula is C12H22O11. The Morgan fingerprint density at radius 2 is 1.61 bits per heavy atom. The summed E-state index contributed by atoms with van der Waals surface area (Å²) in [6.45, 7) is -1.64. The quantitative estimate of drug-likeness (QED) is 0.186. The Morgan fingerprint density at radius 3 is 2.09 bits per heavy atom. The van der Waals surface area contributed by atoms with Crippen molar-refractivity contribution in [2.24, 2.45) is 0 Å². The number of aliphatic hydroxyl groups is 8. The molecule has 1 saturated heterocycles. The molecule has 1 rings (SSSR count). The van der Waals surface area contributed by atoms with Gasteiger partial charge < -0.3 is 55.1 Å². The molecule has 136 valence electrons. The zero-order chi connectivity index (χ0) is 17.7. The molecule has 0 aromatic rings. The van der Waals surface area contributed by atoms with Gasteiger partial charge in [0.2, 0.25) is 0 Å². The summed E-state index contributed by atoms with van der Waals surface area (Å²) in [6, 6.07) is 0. The molecule has 0 aromatic heterocycles. The van der Waals surface area contributed by atoms with Crippen LogP contribution in [0.4, 0.5) is 0 Å². The van der Waals surface area contributed by atoms with Crippen molar-refractivity contribution >= 4 is 6.29 Å². The largest absolute Gasteiger partial charge is 0.394 e. The molecule has 1 fully saturated rings. The second-order valence-corrected chi connectivity index (χ2v) is 5.17. The summed E-state index contributed by atoms with van der Waals surface area (Å²) in [6.07, 6.45) is -15.2. The minimum absolute atomic E-state index is 0.0657. The maximum absolute atomic E-state index is 11.0. The van der Waals surface area contributed by atoms with Crippen molar-refractivity contribution in [3.8, 4) is 0 Å². The predicted octanol–water partition coefficient (Wildman–Crippen LogP) is -5.55. The van der Waals surface area contributed by atoms with E-state index < -0.39 is 68.3 Å². The fourth-order valence-electron chi connectivity index (χ4n) is 2.08. The lowest BCUT2D eigenvalue weighted by Crippen LogP contribution is -2.49. The Hall–Kier alpha value is -0.730. The Bertz CT molecular complexity index is 367. The molecule has 0 aromatic carbocycles. The van der Waals surface area contributed by atoms with Gasteiger partial charge in [0.05, 0.1) is 13.2 Å². The Labute approximate surface area is 130 Å². The summed E-state index contributed by atoms with van der Waals surface area (Å²) < 4.78 is 9.94. The number of aliphatic hydroxyl groups excluding tert-OH is 8. The Balaban J connectivity index is 2.74. The highest BCUT2D eigenvalue weighted by atomic mass is 16.7. The highest BCUT2D eigenvalue weighted by molar-refractivity contribution is 5.57. The molecule has 11 heteroatoms. The first-order valence-corrected chi connectivity index (χ1v) is 6.84. The van der Waals surface area contributed by atoms with Crippen LogP contribution in [0.2, 0.25) is 0 Å². The Morgan fingerprint density at radius 1 is 1.00 bits per heavy atom. The van der Waals surface area contributed by atoms with Crippen LogP contribution in [0.25, 0.3) is 0 Å². The molecule has 1 aliphatic rings. The highest BCUT2D eigenvalue weighted by Gasteiger charge is 2.48. The molecule has 0 bridgehead atoms. The maximum atomic E-state index is 11.0. The van der Waals surface area contributed by atoms with E-state index in [2.05, 4.69) is 0 Å². The standard InChI is InChI=1S/C12H22O11/c13-1-4(16)7(18)8(19)6(3-15)22-12-10(21)9(20)11(23-12)5(17)2-14/h3-14,16-21H,1-2H2/t4-,5-,6+,7+,8-,9-,10-,11+,12?/m1/s1. The van der Waals surface area contributed by atoms with Crippen molar-refractivity contribution in [2.75, 3.05) is 13.2 Å². The minimum atomic E-state index is -1.95. The zero-order valence-electron chi connectivity index (χ0n) is 12.0. The molecule has 8 N–H and O–H groups in total. The fourth-order valence-corrected chi connectivity index (χ4v) is 2.08. The lowest BCUT2D eigenvalue weighted by atomic mass is 10.0. The van der Waals surface area contributed by atoms with Crippen LogP contribution in [0.1, 0.15) is 0 Å². The lowest BCUT2D eigenvalue weighted by Gasteiger charge is -2.28. The molecule has 23 heavy (non-hydrogen) atoms. The van der Waals surface area contributed by atoms with E-state index in [1.165, 1.54) is 0 Å². The van der Waals surface area contributed by atoms with Gasteiger partial charge >= 0.3 is 0 Å². The van der Waals surface area contributed by atoms with Crippen molar-refractivity contribution in [2.45, 2.75) is 55.1 Å². The van der Waals surface area contributed by atoms with Crippen molar-refractivity contribution in [3.05, 3.63) is 0 Å². The van der Waals surface area contributed by atoms with Crippen LogP contribution in [0.15, 0.2) is 0 Å². The van der Waals surface area contributed by atoms with Gasteiger partial charge in [-0.15, -0.1) is 0 Å². The van der Waals surface area contributed by atoms with E-state index >= 15 is 0 Å². The summed E-state index contributed by atoms with van der Waals surface area (Å²) in [7, 11) is 0. The molecule has 9 atom stereocenters. The van der Waals surface area contributed by atoms with Crippen LogP contribution in [-0.2, 0) is 14.3 Å². The van der Waals surface area contributed by atoms with E-state index in [-0.39, 0.29) is 6.29 Å². The predicted molar refractivity (Wildman–Crippen MR) is 69.8 cm³/mol. The lowest BCUT2D eigenvalue weighted by molar-refractivity contribution is -0.224. The van der Waals surface area contributed by atoms with Crippen molar-refractivity contribution in [3.63, 3.8) is 0 Å². The van der Waals surface area contributed by atoms with Gasteiger partial charge in [-0.1, -0.05) is 0 Å². The van der Waals surface area contributed by atoms with Gasteiger partial charge in [0.25, 0.3) is 0 Å². The molecule has 0 radical (unpaired) electrons. The molecule has 0 spiro atoms. The van der Waals surface area contributed by atoms with Gasteiger partial charge in [0, 0.05) is 0 Å². The first kappa shape index (κ1) is 20.3. The van der Waals surface area contributed by atoms with E-state index in [9.17, 15) is 35.4 Å². The van der Waals surface area contributed by atoms with Gasteiger partial charge in [0.1, 0.15) is 48.8 Å². The molecule has 1 heterocycles. The van der Waals surface area contributed by atoms with Gasteiger partial charge in [-0.2, -0.15) is 0 Å². The molecular weight excluding hydrogens is 320 g/mol. The number of carbonyl (C=O) groups excluding carboxylic acids is 1. The van der Waals surface area contributed by atoms with Crippen LogP contribution in [-0.4, -0.2) is 115 Å².